The molecule has 1 aliphatic carbocycles. The predicted octanol–water partition coefficient (Wildman–Crippen LogP) is 2.58. The smallest absolute Gasteiger partial charge is 0.238 e. The molecule has 0 heterocycles. The Hall–Kier alpha value is -2.02. The molecule has 1 atom stereocenters. The Labute approximate surface area is 140 Å². The van der Waals surface area contributed by atoms with Crippen LogP contribution in [-0.2, 0) is 15.4 Å². The molecule has 3 rings (SSSR count). The minimum Gasteiger partial charge on any atom is -0.395 e. The maximum atomic E-state index is 13.2. The Morgan fingerprint density at radius 1 is 1.12 bits per heavy atom. The van der Waals surface area contributed by atoms with Crippen molar-refractivity contribution in [2.75, 3.05) is 6.61 Å². The molecule has 0 fully saturated rings. The normalized spacial score (nSPS) is 20.9. The van der Waals surface area contributed by atoms with Crippen molar-refractivity contribution < 1.29 is 17.9 Å². The summed E-state index contributed by atoms with van der Waals surface area (Å²) in [6, 6.07) is 12.6. The Balaban J connectivity index is 1.99. The highest BCUT2D eigenvalue weighted by molar-refractivity contribution is 7.89. The van der Waals surface area contributed by atoms with Crippen molar-refractivity contribution in [2.24, 2.45) is 5.14 Å². The van der Waals surface area contributed by atoms with E-state index in [4.69, 9.17) is 5.14 Å². The van der Waals surface area contributed by atoms with Gasteiger partial charge < -0.3 is 5.11 Å². The third-order valence-electron chi connectivity index (χ3n) is 4.57. The van der Waals surface area contributed by atoms with Crippen LogP contribution in [0.25, 0.3) is 5.57 Å². The second-order valence-electron chi connectivity index (χ2n) is 6.10. The number of hydrogen-bond acceptors (Lipinski definition) is 3. The number of hydrogen-bond donors (Lipinski definition) is 2. The molecule has 3 N–H and O–H groups in total. The van der Waals surface area contributed by atoms with E-state index >= 15 is 0 Å². The highest BCUT2D eigenvalue weighted by atomic mass is 32.2. The fraction of sp³-hybridized carbons (Fsp3) is 0.222. The van der Waals surface area contributed by atoms with Crippen LogP contribution in [-0.4, -0.2) is 20.1 Å². The van der Waals surface area contributed by atoms with Crippen molar-refractivity contribution in [1.29, 1.82) is 0 Å². The lowest BCUT2D eigenvalue weighted by atomic mass is 9.77. The van der Waals surface area contributed by atoms with Gasteiger partial charge in [0.2, 0.25) is 10.0 Å². The summed E-state index contributed by atoms with van der Waals surface area (Å²) in [6.45, 7) is -0.115. The van der Waals surface area contributed by atoms with Gasteiger partial charge in [-0.2, -0.15) is 0 Å². The van der Waals surface area contributed by atoms with E-state index in [0.29, 0.717) is 18.4 Å². The Kier molecular flexibility index (Phi) is 4.29. The zero-order valence-corrected chi connectivity index (χ0v) is 13.8. The van der Waals surface area contributed by atoms with Crippen molar-refractivity contribution in [1.82, 2.24) is 0 Å². The van der Waals surface area contributed by atoms with Gasteiger partial charge in [0.25, 0.3) is 0 Å². The molecule has 126 valence electrons. The molecule has 6 heteroatoms. The standard InChI is InChI=1S/C18H18FNO3S/c19-15-7-5-14(6-8-15)18(12-21)10-9-13(11-18)16-3-1-2-4-17(16)24(20,22)23/h1-9,21H,10-12H2,(H2,20,22,23). The molecule has 0 aromatic heterocycles. The van der Waals surface area contributed by atoms with Crippen LogP contribution in [0.3, 0.4) is 0 Å². The molecule has 0 amide bonds. The molecule has 4 nitrogen and oxygen atoms in total. The van der Waals surface area contributed by atoms with Gasteiger partial charge in [0.1, 0.15) is 5.82 Å². The first-order valence-corrected chi connectivity index (χ1v) is 9.08. The van der Waals surface area contributed by atoms with Gasteiger partial charge in [-0.25, -0.2) is 17.9 Å². The first kappa shape index (κ1) is 16.8. The molecule has 0 saturated heterocycles. The van der Waals surface area contributed by atoms with E-state index in [1.165, 1.54) is 18.2 Å². The average Bonchev–Trinajstić information content (AvgIpc) is 3.00. The summed E-state index contributed by atoms with van der Waals surface area (Å²) in [5, 5.41) is 15.3. The number of primary sulfonamides is 1. The van der Waals surface area contributed by atoms with E-state index in [2.05, 4.69) is 0 Å². The second-order valence-corrected chi connectivity index (χ2v) is 7.63. The molecule has 2 aromatic rings. The van der Waals surface area contributed by atoms with Gasteiger partial charge in [0.15, 0.2) is 0 Å². The Morgan fingerprint density at radius 2 is 1.79 bits per heavy atom. The zero-order valence-electron chi connectivity index (χ0n) is 12.9. The van der Waals surface area contributed by atoms with Crippen LogP contribution >= 0.6 is 0 Å². The third kappa shape index (κ3) is 3.00. The Bertz CT molecular complexity index is 891. The molecule has 1 aliphatic rings. The maximum absolute atomic E-state index is 13.2. The first-order chi connectivity index (χ1) is 11.4. The first-order valence-electron chi connectivity index (χ1n) is 7.54. The second kappa shape index (κ2) is 6.12. The lowest BCUT2D eigenvalue weighted by molar-refractivity contribution is 0.201. The summed E-state index contributed by atoms with van der Waals surface area (Å²) >= 11 is 0. The lowest BCUT2D eigenvalue weighted by Crippen LogP contribution is -2.27. The van der Waals surface area contributed by atoms with Crippen molar-refractivity contribution in [3.63, 3.8) is 0 Å². The molecule has 24 heavy (non-hydrogen) atoms. The van der Waals surface area contributed by atoms with Crippen molar-refractivity contribution >= 4 is 15.6 Å². The molecule has 0 bridgehead atoms. The van der Waals surface area contributed by atoms with Crippen LogP contribution in [0.2, 0.25) is 0 Å². The highest BCUT2D eigenvalue weighted by Crippen LogP contribution is 2.44. The van der Waals surface area contributed by atoms with E-state index < -0.39 is 15.4 Å². The minimum absolute atomic E-state index is 0.0732. The number of benzene rings is 2. The molecule has 2 aromatic carbocycles. The number of nitrogens with two attached hydrogens (primary N) is 1. The monoisotopic (exact) mass is 347 g/mol. The van der Waals surface area contributed by atoms with Crippen LogP contribution in [0, 0.1) is 5.82 Å². The number of halogens is 1. The zero-order chi connectivity index (χ0) is 17.4. The van der Waals surface area contributed by atoms with Gasteiger partial charge in [-0.1, -0.05) is 36.4 Å². The topological polar surface area (TPSA) is 80.4 Å². The summed E-state index contributed by atoms with van der Waals surface area (Å²) in [5.74, 6) is -0.336. The Morgan fingerprint density at radius 3 is 2.42 bits per heavy atom. The van der Waals surface area contributed by atoms with E-state index in [1.807, 2.05) is 6.08 Å². The summed E-state index contributed by atoms with van der Waals surface area (Å²) in [5.41, 5.74) is 1.62. The number of aliphatic hydroxyl groups excluding tert-OH is 1. The molecule has 1 unspecified atom stereocenters. The third-order valence-corrected chi connectivity index (χ3v) is 5.54. The number of allylic oxidation sites excluding steroid dienone is 2. The van der Waals surface area contributed by atoms with Gasteiger partial charge in [0.05, 0.1) is 11.5 Å². The van der Waals surface area contributed by atoms with Crippen LogP contribution in [0.4, 0.5) is 4.39 Å². The van der Waals surface area contributed by atoms with E-state index in [0.717, 1.165) is 11.1 Å². The molecule has 0 radical (unpaired) electrons. The van der Waals surface area contributed by atoms with Crippen LogP contribution in [0.5, 0.6) is 0 Å². The largest absolute Gasteiger partial charge is 0.395 e. The summed E-state index contributed by atoms with van der Waals surface area (Å²) < 4.78 is 36.8. The predicted molar refractivity (Wildman–Crippen MR) is 90.2 cm³/mol. The lowest BCUT2D eigenvalue weighted by Gasteiger charge is -2.28. The quantitative estimate of drug-likeness (QED) is 0.892. The number of aliphatic hydroxyl groups is 1. The van der Waals surface area contributed by atoms with Crippen molar-refractivity contribution in [2.45, 2.75) is 23.2 Å². The van der Waals surface area contributed by atoms with E-state index in [1.54, 1.807) is 30.3 Å². The SMILES string of the molecule is NS(=O)(=O)c1ccccc1C1=CCC(CO)(c2ccc(F)cc2)C1. The molecular weight excluding hydrogens is 329 g/mol. The maximum Gasteiger partial charge on any atom is 0.238 e. The van der Waals surface area contributed by atoms with Crippen molar-refractivity contribution in [3.8, 4) is 0 Å². The number of rotatable bonds is 4. The van der Waals surface area contributed by atoms with Gasteiger partial charge in [-0.15, -0.1) is 0 Å². The van der Waals surface area contributed by atoms with Crippen LogP contribution < -0.4 is 5.14 Å². The highest BCUT2D eigenvalue weighted by Gasteiger charge is 2.37. The van der Waals surface area contributed by atoms with Crippen molar-refractivity contribution in [3.05, 3.63) is 71.6 Å². The van der Waals surface area contributed by atoms with E-state index in [-0.39, 0.29) is 17.3 Å². The van der Waals surface area contributed by atoms with Gasteiger partial charge in [-0.05, 0) is 47.7 Å². The van der Waals surface area contributed by atoms with E-state index in [9.17, 15) is 17.9 Å². The molecule has 0 aliphatic heterocycles. The summed E-state index contributed by atoms with van der Waals surface area (Å²) in [7, 11) is -3.84. The minimum atomic E-state index is -3.84. The summed E-state index contributed by atoms with van der Waals surface area (Å²) in [6.07, 6.45) is 2.93. The summed E-state index contributed by atoms with van der Waals surface area (Å²) in [4.78, 5) is 0.0732. The average molecular weight is 347 g/mol. The molecule has 0 saturated carbocycles. The van der Waals surface area contributed by atoms with Crippen LogP contribution in [0.15, 0.2) is 59.5 Å². The van der Waals surface area contributed by atoms with Crippen LogP contribution in [0.1, 0.15) is 24.0 Å². The van der Waals surface area contributed by atoms with Gasteiger partial charge >= 0.3 is 0 Å². The fourth-order valence-corrected chi connectivity index (χ4v) is 4.02. The molecular formula is C18H18FNO3S. The molecule has 0 spiro atoms. The fourth-order valence-electron chi connectivity index (χ4n) is 3.25. The number of sulfonamides is 1. The van der Waals surface area contributed by atoms with Gasteiger partial charge in [0, 0.05) is 5.41 Å². The van der Waals surface area contributed by atoms with Gasteiger partial charge in [-0.3, -0.25) is 0 Å².